The number of hydrogen-bond acceptors (Lipinski definition) is 6. The summed E-state index contributed by atoms with van der Waals surface area (Å²) in [4.78, 5) is 22.3. The Morgan fingerprint density at radius 2 is 2.21 bits per heavy atom. The van der Waals surface area contributed by atoms with Crippen LogP contribution in [0.3, 0.4) is 0 Å². The average Bonchev–Trinajstić information content (AvgIpc) is 3.14. The molecule has 3 rings (SSSR count). The first-order valence-electron chi connectivity index (χ1n) is 7.78. The monoisotopic (exact) mass is 329 g/mol. The van der Waals surface area contributed by atoms with Crippen LogP contribution in [-0.4, -0.2) is 47.1 Å². The van der Waals surface area contributed by atoms with Crippen LogP contribution in [0.1, 0.15) is 18.6 Å². The zero-order valence-electron chi connectivity index (χ0n) is 13.4. The fourth-order valence-electron chi connectivity index (χ4n) is 2.57. The summed E-state index contributed by atoms with van der Waals surface area (Å²) in [5.74, 6) is 1.28. The molecule has 3 heterocycles. The number of piperidine rings is 1. The van der Waals surface area contributed by atoms with Crippen LogP contribution in [0.4, 0.5) is 0 Å². The molecule has 2 aromatic rings. The van der Waals surface area contributed by atoms with Gasteiger partial charge in [0.05, 0.1) is 19.9 Å². The van der Waals surface area contributed by atoms with Gasteiger partial charge in [-0.05, 0) is 31.1 Å². The van der Waals surface area contributed by atoms with Crippen LogP contribution in [0.2, 0.25) is 0 Å². The van der Waals surface area contributed by atoms with Crippen LogP contribution in [-0.2, 0) is 4.79 Å². The number of carbonyl (C=O) groups excluding carboxylic acids is 1. The highest BCUT2D eigenvalue weighted by Gasteiger charge is 2.25. The second-order valence-electron chi connectivity index (χ2n) is 5.39. The molecule has 1 amide bonds. The van der Waals surface area contributed by atoms with Crippen molar-refractivity contribution in [1.29, 1.82) is 0 Å². The molecule has 1 atom stereocenters. The minimum absolute atomic E-state index is 0.0641. The van der Waals surface area contributed by atoms with Gasteiger partial charge < -0.3 is 18.8 Å². The lowest BCUT2D eigenvalue weighted by molar-refractivity contribution is -0.128. The van der Waals surface area contributed by atoms with E-state index >= 15 is 0 Å². The smallest absolute Gasteiger partial charge is 0.278 e. The Morgan fingerprint density at radius 1 is 1.38 bits per heavy atom. The van der Waals surface area contributed by atoms with Crippen molar-refractivity contribution in [2.24, 2.45) is 0 Å². The van der Waals surface area contributed by atoms with Gasteiger partial charge in [-0.25, -0.2) is 9.97 Å². The Kier molecular flexibility index (Phi) is 5.10. The van der Waals surface area contributed by atoms with Crippen LogP contribution in [0, 0.1) is 0 Å². The molecule has 0 radical (unpaired) electrons. The first kappa shape index (κ1) is 16.0. The van der Waals surface area contributed by atoms with Crippen LogP contribution < -0.4 is 9.47 Å². The molecule has 7 nitrogen and oxygen atoms in total. The maximum absolute atomic E-state index is 12.3. The van der Waals surface area contributed by atoms with E-state index in [-0.39, 0.29) is 12.0 Å². The molecular weight excluding hydrogens is 310 g/mol. The summed E-state index contributed by atoms with van der Waals surface area (Å²) in [6.07, 6.45) is 9.44. The Bertz CT molecular complexity index is 700. The van der Waals surface area contributed by atoms with E-state index in [1.54, 1.807) is 41.8 Å². The van der Waals surface area contributed by atoms with Crippen molar-refractivity contribution in [1.82, 2.24) is 14.9 Å². The Hall–Kier alpha value is -2.83. The predicted molar refractivity (Wildman–Crippen MR) is 86.6 cm³/mol. The van der Waals surface area contributed by atoms with Crippen LogP contribution in [0.15, 0.2) is 41.3 Å². The highest BCUT2D eigenvalue weighted by atomic mass is 16.5. The van der Waals surface area contributed by atoms with Gasteiger partial charge in [-0.15, -0.1) is 0 Å². The number of nitrogens with zero attached hydrogens (tertiary/aromatic N) is 3. The lowest BCUT2D eigenvalue weighted by Crippen LogP contribution is -2.43. The van der Waals surface area contributed by atoms with E-state index in [9.17, 15) is 4.79 Å². The normalized spacial score (nSPS) is 17.9. The molecular formula is C17H19N3O4. The summed E-state index contributed by atoms with van der Waals surface area (Å²) in [7, 11) is 1.52. The quantitative estimate of drug-likeness (QED) is 0.782. The number of furan rings is 1. The van der Waals surface area contributed by atoms with E-state index in [0.29, 0.717) is 30.6 Å². The van der Waals surface area contributed by atoms with Crippen molar-refractivity contribution in [3.8, 4) is 11.8 Å². The minimum atomic E-state index is -0.134. The van der Waals surface area contributed by atoms with Crippen molar-refractivity contribution in [3.63, 3.8) is 0 Å². The van der Waals surface area contributed by atoms with Crippen LogP contribution in [0.5, 0.6) is 11.8 Å². The number of rotatable bonds is 5. The maximum atomic E-state index is 12.3. The van der Waals surface area contributed by atoms with Crippen molar-refractivity contribution in [3.05, 3.63) is 42.6 Å². The molecule has 2 aromatic heterocycles. The molecule has 0 saturated carbocycles. The Morgan fingerprint density at radius 3 is 2.96 bits per heavy atom. The molecule has 0 spiro atoms. The molecule has 1 saturated heterocycles. The summed E-state index contributed by atoms with van der Waals surface area (Å²) < 4.78 is 16.2. The van der Waals surface area contributed by atoms with Gasteiger partial charge in [-0.3, -0.25) is 4.79 Å². The van der Waals surface area contributed by atoms with Gasteiger partial charge in [0.25, 0.3) is 11.8 Å². The molecule has 24 heavy (non-hydrogen) atoms. The number of aromatic nitrogens is 2. The average molecular weight is 329 g/mol. The zero-order chi connectivity index (χ0) is 16.8. The number of likely N-dealkylation sites (tertiary alicyclic amines) is 1. The Balaban J connectivity index is 1.60. The van der Waals surface area contributed by atoms with E-state index in [2.05, 4.69) is 9.97 Å². The second kappa shape index (κ2) is 7.63. The van der Waals surface area contributed by atoms with Crippen molar-refractivity contribution in [2.75, 3.05) is 20.2 Å². The van der Waals surface area contributed by atoms with Gasteiger partial charge in [0.15, 0.2) is 0 Å². The summed E-state index contributed by atoms with van der Waals surface area (Å²) in [5.41, 5.74) is 0. The van der Waals surface area contributed by atoms with E-state index in [1.807, 2.05) is 0 Å². The minimum Gasteiger partial charge on any atom is -0.477 e. The maximum Gasteiger partial charge on any atom is 0.278 e. The van der Waals surface area contributed by atoms with E-state index in [4.69, 9.17) is 13.9 Å². The molecule has 1 fully saturated rings. The summed E-state index contributed by atoms with van der Waals surface area (Å²) >= 11 is 0. The summed E-state index contributed by atoms with van der Waals surface area (Å²) in [6.45, 7) is 1.21. The highest BCUT2D eigenvalue weighted by Crippen LogP contribution is 2.24. The van der Waals surface area contributed by atoms with Crippen molar-refractivity contribution < 1.29 is 18.7 Å². The third-order valence-electron chi connectivity index (χ3n) is 3.73. The van der Waals surface area contributed by atoms with Crippen molar-refractivity contribution in [2.45, 2.75) is 18.9 Å². The fraction of sp³-hybridized carbons (Fsp3) is 0.353. The second-order valence-corrected chi connectivity index (χ2v) is 5.39. The first-order chi connectivity index (χ1) is 11.8. The molecule has 0 aliphatic carbocycles. The van der Waals surface area contributed by atoms with Gasteiger partial charge >= 0.3 is 0 Å². The highest BCUT2D eigenvalue weighted by molar-refractivity contribution is 5.91. The molecule has 7 heteroatoms. The van der Waals surface area contributed by atoms with E-state index in [1.165, 1.54) is 13.2 Å². The fourth-order valence-corrected chi connectivity index (χ4v) is 2.57. The zero-order valence-corrected chi connectivity index (χ0v) is 13.4. The van der Waals surface area contributed by atoms with Crippen LogP contribution >= 0.6 is 0 Å². The number of ether oxygens (including phenoxy) is 2. The van der Waals surface area contributed by atoms with Gasteiger partial charge in [0, 0.05) is 25.0 Å². The molecule has 126 valence electrons. The van der Waals surface area contributed by atoms with Crippen molar-refractivity contribution >= 4 is 12.0 Å². The molecule has 0 aromatic carbocycles. The third-order valence-corrected chi connectivity index (χ3v) is 3.73. The molecule has 0 bridgehead atoms. The topological polar surface area (TPSA) is 77.7 Å². The lowest BCUT2D eigenvalue weighted by atomic mass is 10.1. The summed E-state index contributed by atoms with van der Waals surface area (Å²) in [6, 6.07) is 3.58. The van der Waals surface area contributed by atoms with Gasteiger partial charge in [0.2, 0.25) is 5.91 Å². The lowest BCUT2D eigenvalue weighted by Gasteiger charge is -2.32. The molecule has 1 aliphatic heterocycles. The summed E-state index contributed by atoms with van der Waals surface area (Å²) in [5, 5.41) is 0. The van der Waals surface area contributed by atoms with Gasteiger partial charge in [-0.1, -0.05) is 0 Å². The van der Waals surface area contributed by atoms with Crippen LogP contribution in [0.25, 0.3) is 6.08 Å². The first-order valence-corrected chi connectivity index (χ1v) is 7.78. The number of amides is 1. The predicted octanol–water partition coefficient (Wildman–Crippen LogP) is 2.16. The molecule has 0 N–H and O–H groups in total. The molecule has 1 unspecified atom stereocenters. The standard InChI is InChI=1S/C17H19N3O4/c1-22-16-17(19-9-8-18-16)24-14-4-2-10-20(12-14)15(21)7-6-13-5-3-11-23-13/h3,5-9,11,14H,2,4,10,12H2,1H3. The van der Waals surface area contributed by atoms with Gasteiger partial charge in [0.1, 0.15) is 11.9 Å². The SMILES string of the molecule is COc1nccnc1OC1CCCN(C(=O)C=Cc2ccco2)C1. The molecule has 1 aliphatic rings. The number of hydrogen-bond donors (Lipinski definition) is 0. The largest absolute Gasteiger partial charge is 0.477 e. The number of carbonyl (C=O) groups is 1. The van der Waals surface area contributed by atoms with E-state index in [0.717, 1.165) is 12.8 Å². The third kappa shape index (κ3) is 3.92. The Labute approximate surface area is 139 Å². The van der Waals surface area contributed by atoms with E-state index < -0.39 is 0 Å². The van der Waals surface area contributed by atoms with Gasteiger partial charge in [-0.2, -0.15) is 0 Å². The number of methoxy groups -OCH3 is 1.